The van der Waals surface area contributed by atoms with Crippen LogP contribution in [0.25, 0.3) is 0 Å². The highest BCUT2D eigenvalue weighted by atomic mass is 16.5. The van der Waals surface area contributed by atoms with Crippen molar-refractivity contribution in [1.82, 2.24) is 15.1 Å². The summed E-state index contributed by atoms with van der Waals surface area (Å²) in [5.41, 5.74) is 0.689. The van der Waals surface area contributed by atoms with Gasteiger partial charge < -0.3 is 9.51 Å². The molecule has 0 spiro atoms. The summed E-state index contributed by atoms with van der Waals surface area (Å²) in [5.74, 6) is 0.210. The Morgan fingerprint density at radius 2 is 2.50 bits per heavy atom. The molecule has 2 N–H and O–H groups in total. The van der Waals surface area contributed by atoms with Crippen molar-refractivity contribution in [3.8, 4) is 0 Å². The zero-order valence-corrected chi connectivity index (χ0v) is 7.44. The maximum absolute atomic E-state index is 11.5. The molecular formula is C8H8N4O2. The van der Waals surface area contributed by atoms with E-state index in [9.17, 15) is 4.79 Å². The van der Waals surface area contributed by atoms with Gasteiger partial charge in [0.15, 0.2) is 0 Å². The van der Waals surface area contributed by atoms with Gasteiger partial charge in [-0.05, 0) is 6.92 Å². The summed E-state index contributed by atoms with van der Waals surface area (Å²) < 4.78 is 4.77. The molecule has 6 heteroatoms. The maximum atomic E-state index is 11.5. The maximum Gasteiger partial charge on any atom is 0.296 e. The van der Waals surface area contributed by atoms with Gasteiger partial charge in [-0.15, -0.1) is 0 Å². The number of hydrogen-bond acceptors (Lipinski definition) is 4. The van der Waals surface area contributed by atoms with Crippen LogP contribution in [0.4, 0.5) is 5.95 Å². The van der Waals surface area contributed by atoms with E-state index in [2.05, 4.69) is 20.4 Å². The molecule has 0 fully saturated rings. The van der Waals surface area contributed by atoms with E-state index < -0.39 is 0 Å². The van der Waals surface area contributed by atoms with Gasteiger partial charge in [0.2, 0.25) is 11.7 Å². The number of rotatable bonds is 2. The fourth-order valence-corrected chi connectivity index (χ4v) is 1.01. The van der Waals surface area contributed by atoms with Crippen molar-refractivity contribution in [3.63, 3.8) is 0 Å². The topological polar surface area (TPSA) is 83.8 Å². The predicted molar refractivity (Wildman–Crippen MR) is 47.8 cm³/mol. The number of imidazole rings is 1. The second-order valence-corrected chi connectivity index (χ2v) is 2.73. The van der Waals surface area contributed by atoms with E-state index in [-0.39, 0.29) is 11.7 Å². The molecule has 0 aliphatic rings. The minimum absolute atomic E-state index is 0.196. The molecular weight excluding hydrogens is 184 g/mol. The van der Waals surface area contributed by atoms with Gasteiger partial charge in [-0.3, -0.25) is 10.1 Å². The molecule has 0 bridgehead atoms. The Labute approximate surface area is 79.3 Å². The Bertz CT molecular complexity index is 432. The summed E-state index contributed by atoms with van der Waals surface area (Å²) in [7, 11) is 0. The molecule has 0 radical (unpaired) electrons. The van der Waals surface area contributed by atoms with Gasteiger partial charge in [-0.25, -0.2) is 4.98 Å². The molecule has 1 amide bonds. The largest absolute Gasteiger partial charge is 0.351 e. The summed E-state index contributed by atoms with van der Waals surface area (Å²) >= 11 is 0. The van der Waals surface area contributed by atoms with Crippen molar-refractivity contribution in [1.29, 1.82) is 0 Å². The number of carbonyl (C=O) groups is 1. The highest BCUT2D eigenvalue weighted by Gasteiger charge is 2.14. The first-order chi connectivity index (χ1) is 6.77. The molecule has 0 aromatic carbocycles. The fourth-order valence-electron chi connectivity index (χ4n) is 1.01. The van der Waals surface area contributed by atoms with E-state index in [1.807, 2.05) is 0 Å². The van der Waals surface area contributed by atoms with Crippen LogP contribution in [0.5, 0.6) is 0 Å². The molecule has 2 heterocycles. The summed E-state index contributed by atoms with van der Waals surface area (Å²) in [6, 6.07) is 0. The monoisotopic (exact) mass is 192 g/mol. The van der Waals surface area contributed by atoms with Crippen molar-refractivity contribution < 1.29 is 9.32 Å². The molecule has 0 aliphatic carbocycles. The molecule has 6 nitrogen and oxygen atoms in total. The smallest absolute Gasteiger partial charge is 0.296 e. The number of amides is 1. The second-order valence-electron chi connectivity index (χ2n) is 2.73. The molecule has 72 valence electrons. The average molecular weight is 192 g/mol. The minimum Gasteiger partial charge on any atom is -0.351 e. The van der Waals surface area contributed by atoms with E-state index in [4.69, 9.17) is 4.52 Å². The lowest BCUT2D eigenvalue weighted by molar-refractivity contribution is 0.0986. The van der Waals surface area contributed by atoms with Gasteiger partial charge in [0.25, 0.3) is 5.91 Å². The number of carbonyl (C=O) groups excluding carboxylic acids is 1. The Hall–Kier alpha value is -2.11. The Balaban J connectivity index is 2.14. The number of aryl methyl sites for hydroxylation is 1. The average Bonchev–Trinajstić information content (AvgIpc) is 2.75. The quantitative estimate of drug-likeness (QED) is 0.742. The zero-order chi connectivity index (χ0) is 9.97. The lowest BCUT2D eigenvalue weighted by Crippen LogP contribution is -2.13. The molecule has 0 saturated heterocycles. The van der Waals surface area contributed by atoms with Crippen molar-refractivity contribution in [2.24, 2.45) is 0 Å². The van der Waals surface area contributed by atoms with Gasteiger partial charge in [0.05, 0.1) is 6.20 Å². The Morgan fingerprint density at radius 1 is 1.64 bits per heavy atom. The van der Waals surface area contributed by atoms with Crippen LogP contribution in [0.3, 0.4) is 0 Å². The first-order valence-corrected chi connectivity index (χ1v) is 3.99. The molecule has 0 aliphatic heterocycles. The SMILES string of the molecule is Cc1cnoc1C(=O)Nc1ncc[nH]1. The molecule has 0 saturated carbocycles. The van der Waals surface area contributed by atoms with E-state index in [0.29, 0.717) is 11.5 Å². The van der Waals surface area contributed by atoms with Crippen LogP contribution in [0.1, 0.15) is 16.1 Å². The molecule has 0 atom stereocenters. The highest BCUT2D eigenvalue weighted by Crippen LogP contribution is 2.07. The van der Waals surface area contributed by atoms with Crippen molar-refractivity contribution in [2.45, 2.75) is 6.92 Å². The number of hydrogen-bond donors (Lipinski definition) is 2. The third-order valence-electron chi connectivity index (χ3n) is 1.68. The summed E-state index contributed by atoms with van der Waals surface area (Å²) in [4.78, 5) is 18.1. The van der Waals surface area contributed by atoms with Crippen LogP contribution >= 0.6 is 0 Å². The third-order valence-corrected chi connectivity index (χ3v) is 1.68. The zero-order valence-electron chi connectivity index (χ0n) is 7.44. The highest BCUT2D eigenvalue weighted by molar-refractivity contribution is 6.01. The Kier molecular flexibility index (Phi) is 2.02. The van der Waals surface area contributed by atoms with Crippen LogP contribution < -0.4 is 5.32 Å². The normalized spacial score (nSPS) is 10.1. The van der Waals surface area contributed by atoms with Crippen LogP contribution in [-0.2, 0) is 0 Å². The third kappa shape index (κ3) is 1.49. The van der Waals surface area contributed by atoms with Crippen molar-refractivity contribution in [3.05, 3.63) is 29.9 Å². The van der Waals surface area contributed by atoms with Gasteiger partial charge in [-0.1, -0.05) is 5.16 Å². The molecule has 2 aromatic heterocycles. The van der Waals surface area contributed by atoms with Crippen LogP contribution in [0.15, 0.2) is 23.1 Å². The molecule has 2 rings (SSSR count). The van der Waals surface area contributed by atoms with Crippen LogP contribution in [0, 0.1) is 6.92 Å². The molecule has 0 unspecified atom stereocenters. The molecule has 14 heavy (non-hydrogen) atoms. The summed E-state index contributed by atoms with van der Waals surface area (Å²) in [5, 5.41) is 6.03. The van der Waals surface area contributed by atoms with Gasteiger partial charge in [-0.2, -0.15) is 0 Å². The Morgan fingerprint density at radius 3 is 3.07 bits per heavy atom. The van der Waals surface area contributed by atoms with E-state index in [0.717, 1.165) is 0 Å². The fraction of sp³-hybridized carbons (Fsp3) is 0.125. The first kappa shape index (κ1) is 8.49. The number of nitrogens with zero attached hydrogens (tertiary/aromatic N) is 2. The van der Waals surface area contributed by atoms with Crippen molar-refractivity contribution in [2.75, 3.05) is 5.32 Å². The van der Waals surface area contributed by atoms with E-state index in [1.165, 1.54) is 6.20 Å². The van der Waals surface area contributed by atoms with Crippen LogP contribution in [-0.4, -0.2) is 21.0 Å². The first-order valence-electron chi connectivity index (χ1n) is 3.99. The number of nitrogens with one attached hydrogen (secondary N) is 2. The number of H-pyrrole nitrogens is 1. The van der Waals surface area contributed by atoms with Crippen molar-refractivity contribution >= 4 is 11.9 Å². The minimum atomic E-state index is -0.366. The van der Waals surface area contributed by atoms with E-state index >= 15 is 0 Å². The summed E-state index contributed by atoms with van der Waals surface area (Å²) in [6.07, 6.45) is 4.64. The lowest BCUT2D eigenvalue weighted by Gasteiger charge is -1.97. The standard InChI is InChI=1S/C8H8N4O2/c1-5-4-11-14-6(5)7(13)12-8-9-2-3-10-8/h2-4H,1H3,(H2,9,10,12,13). The number of aromatic amines is 1. The van der Waals surface area contributed by atoms with Gasteiger partial charge in [0, 0.05) is 18.0 Å². The number of aromatic nitrogens is 3. The lowest BCUT2D eigenvalue weighted by atomic mass is 10.3. The molecule has 2 aromatic rings. The van der Waals surface area contributed by atoms with Crippen LogP contribution in [0.2, 0.25) is 0 Å². The summed E-state index contributed by atoms with van der Waals surface area (Å²) in [6.45, 7) is 1.74. The van der Waals surface area contributed by atoms with Gasteiger partial charge in [0.1, 0.15) is 0 Å². The number of anilines is 1. The van der Waals surface area contributed by atoms with E-state index in [1.54, 1.807) is 19.3 Å². The predicted octanol–water partition coefficient (Wildman–Crippen LogP) is 0.958. The second kappa shape index (κ2) is 3.33. The van der Waals surface area contributed by atoms with Gasteiger partial charge >= 0.3 is 0 Å².